The van der Waals surface area contributed by atoms with Gasteiger partial charge in [-0.3, -0.25) is 14.3 Å². The van der Waals surface area contributed by atoms with Gasteiger partial charge in [0.25, 0.3) is 5.56 Å². The van der Waals surface area contributed by atoms with E-state index in [9.17, 15) is 4.79 Å². The number of hydrogen-bond acceptors (Lipinski definition) is 4. The minimum atomic E-state index is 0.0186. The predicted molar refractivity (Wildman–Crippen MR) is 124 cm³/mol. The van der Waals surface area contributed by atoms with Crippen LogP contribution < -0.4 is 5.56 Å². The van der Waals surface area contributed by atoms with E-state index < -0.39 is 0 Å². The molecule has 5 heteroatoms. The van der Waals surface area contributed by atoms with Crippen molar-refractivity contribution >= 4 is 21.7 Å². The molecule has 31 heavy (non-hydrogen) atoms. The first kappa shape index (κ1) is 19.9. The van der Waals surface area contributed by atoms with E-state index in [2.05, 4.69) is 43.1 Å². The molecule has 0 radical (unpaired) electrons. The van der Waals surface area contributed by atoms with Gasteiger partial charge in [-0.2, -0.15) is 0 Å². The fraction of sp³-hybridized carbons (Fsp3) is 0.346. The average Bonchev–Trinajstić information content (AvgIpc) is 2.80. The van der Waals surface area contributed by atoms with Crippen LogP contribution in [-0.2, 0) is 11.2 Å². The van der Waals surface area contributed by atoms with Crippen LogP contribution in [0.1, 0.15) is 55.5 Å². The van der Waals surface area contributed by atoms with Crippen molar-refractivity contribution in [2.45, 2.75) is 45.1 Å². The Morgan fingerprint density at radius 3 is 2.71 bits per heavy atom. The Hall–Kier alpha value is -3.05. The predicted octanol–water partition coefficient (Wildman–Crippen LogP) is 5.01. The summed E-state index contributed by atoms with van der Waals surface area (Å²) in [7, 11) is 0. The molecule has 0 bridgehead atoms. The molecular formula is C26H27N3O2. The quantitative estimate of drug-likeness (QED) is 0.441. The lowest BCUT2D eigenvalue weighted by Crippen LogP contribution is -2.30. The van der Waals surface area contributed by atoms with E-state index in [1.807, 2.05) is 24.4 Å². The maximum atomic E-state index is 13.5. The summed E-state index contributed by atoms with van der Waals surface area (Å²) >= 11 is 0. The summed E-state index contributed by atoms with van der Waals surface area (Å²) in [5.41, 5.74) is 4.22. The lowest BCUT2D eigenvalue weighted by atomic mass is 9.95. The second-order valence-electron chi connectivity index (χ2n) is 8.73. The molecule has 2 aromatic carbocycles. The van der Waals surface area contributed by atoms with Gasteiger partial charge < -0.3 is 4.74 Å². The molecule has 5 nitrogen and oxygen atoms in total. The zero-order valence-electron chi connectivity index (χ0n) is 18.0. The topological polar surface area (TPSA) is 57.0 Å². The Morgan fingerprint density at radius 1 is 1.10 bits per heavy atom. The zero-order valence-corrected chi connectivity index (χ0v) is 18.0. The highest BCUT2D eigenvalue weighted by molar-refractivity contribution is 6.06. The molecule has 3 heterocycles. The van der Waals surface area contributed by atoms with E-state index in [-0.39, 0.29) is 11.6 Å². The second kappa shape index (κ2) is 8.23. The molecule has 0 spiro atoms. The van der Waals surface area contributed by atoms with Crippen LogP contribution >= 0.6 is 0 Å². The van der Waals surface area contributed by atoms with Crippen molar-refractivity contribution in [3.63, 3.8) is 0 Å². The van der Waals surface area contributed by atoms with Gasteiger partial charge in [0.2, 0.25) is 0 Å². The van der Waals surface area contributed by atoms with Crippen molar-refractivity contribution in [1.29, 1.82) is 0 Å². The van der Waals surface area contributed by atoms with E-state index >= 15 is 0 Å². The van der Waals surface area contributed by atoms with Crippen molar-refractivity contribution in [3.8, 4) is 0 Å². The number of ether oxygens (including phenoxy) is 1. The molecule has 1 saturated heterocycles. The Morgan fingerprint density at radius 2 is 1.94 bits per heavy atom. The molecule has 2 aromatic heterocycles. The summed E-state index contributed by atoms with van der Waals surface area (Å²) in [6.07, 6.45) is 6.25. The highest BCUT2D eigenvalue weighted by Gasteiger charge is 2.19. The summed E-state index contributed by atoms with van der Waals surface area (Å²) in [5.74, 6) is 0.377. The number of aromatic nitrogens is 3. The van der Waals surface area contributed by atoms with Crippen molar-refractivity contribution in [3.05, 3.63) is 82.2 Å². The summed E-state index contributed by atoms with van der Waals surface area (Å²) in [6, 6.07) is 14.6. The molecule has 1 fully saturated rings. The first-order valence-electron chi connectivity index (χ1n) is 11.1. The summed E-state index contributed by atoms with van der Waals surface area (Å²) in [5, 5.41) is 2.85. The van der Waals surface area contributed by atoms with Gasteiger partial charge in [-0.1, -0.05) is 38.1 Å². The van der Waals surface area contributed by atoms with E-state index in [4.69, 9.17) is 9.72 Å². The molecule has 0 amide bonds. The maximum Gasteiger partial charge on any atom is 0.261 e. The molecule has 4 aromatic rings. The standard InChI is InChI=1S/C26H27N3O2/c1-17(2)24-13-18(9-10-27-24)12-19-14-23-25(22-8-4-3-7-21(19)22)28-16-29(26(23)30)20-6-5-11-31-15-20/h3-4,7-10,13-14,16-17,20H,5-6,11-12,15H2,1-2H3/t20-/m1/s1. The van der Waals surface area contributed by atoms with E-state index in [0.717, 1.165) is 53.4 Å². The molecule has 1 atom stereocenters. The average molecular weight is 414 g/mol. The Labute approximate surface area is 181 Å². The maximum absolute atomic E-state index is 13.5. The second-order valence-corrected chi connectivity index (χ2v) is 8.73. The molecule has 0 aliphatic carbocycles. The molecule has 0 saturated carbocycles. The van der Waals surface area contributed by atoms with Gasteiger partial charge in [0, 0.05) is 23.9 Å². The highest BCUT2D eigenvalue weighted by Crippen LogP contribution is 2.28. The van der Waals surface area contributed by atoms with E-state index in [1.54, 1.807) is 10.9 Å². The smallest absolute Gasteiger partial charge is 0.261 e. The van der Waals surface area contributed by atoms with Gasteiger partial charge in [0.1, 0.15) is 0 Å². The molecule has 0 unspecified atom stereocenters. The van der Waals surface area contributed by atoms with Crippen LogP contribution in [0, 0.1) is 0 Å². The van der Waals surface area contributed by atoms with Crippen LogP contribution in [0.4, 0.5) is 0 Å². The summed E-state index contributed by atoms with van der Waals surface area (Å²) in [4.78, 5) is 22.7. The molecular weight excluding hydrogens is 386 g/mol. The van der Waals surface area contributed by atoms with Gasteiger partial charge in [-0.15, -0.1) is 0 Å². The summed E-state index contributed by atoms with van der Waals surface area (Å²) < 4.78 is 7.38. The van der Waals surface area contributed by atoms with Crippen LogP contribution in [0.3, 0.4) is 0 Å². The molecule has 1 aliphatic heterocycles. The number of benzene rings is 2. The zero-order chi connectivity index (χ0) is 21.4. The number of nitrogens with zero attached hydrogens (tertiary/aromatic N) is 3. The van der Waals surface area contributed by atoms with Gasteiger partial charge in [0.05, 0.1) is 29.9 Å². The highest BCUT2D eigenvalue weighted by atomic mass is 16.5. The Balaban J connectivity index is 1.67. The third-order valence-corrected chi connectivity index (χ3v) is 6.24. The van der Waals surface area contributed by atoms with Crippen LogP contribution in [0.25, 0.3) is 21.7 Å². The van der Waals surface area contributed by atoms with Gasteiger partial charge in [0.15, 0.2) is 0 Å². The van der Waals surface area contributed by atoms with Gasteiger partial charge in [-0.05, 0) is 59.9 Å². The largest absolute Gasteiger partial charge is 0.379 e. The Bertz CT molecular complexity index is 1300. The van der Waals surface area contributed by atoms with Crippen LogP contribution in [0.2, 0.25) is 0 Å². The number of rotatable bonds is 4. The van der Waals surface area contributed by atoms with Crippen molar-refractivity contribution in [1.82, 2.24) is 14.5 Å². The summed E-state index contributed by atoms with van der Waals surface area (Å²) in [6.45, 7) is 5.65. The third kappa shape index (κ3) is 3.74. The first-order valence-corrected chi connectivity index (χ1v) is 11.1. The number of pyridine rings is 1. The van der Waals surface area contributed by atoms with Crippen LogP contribution in [0.5, 0.6) is 0 Å². The SMILES string of the molecule is CC(C)c1cc(Cc2cc3c(=O)n([C@@H]4CCCOC4)cnc3c3ccccc23)ccn1. The lowest BCUT2D eigenvalue weighted by Gasteiger charge is -2.24. The molecule has 5 rings (SSSR count). The molecule has 158 valence electrons. The fourth-order valence-corrected chi connectivity index (χ4v) is 4.54. The number of hydrogen-bond donors (Lipinski definition) is 0. The Kier molecular flexibility index (Phi) is 5.28. The minimum Gasteiger partial charge on any atom is -0.379 e. The van der Waals surface area contributed by atoms with Gasteiger partial charge >= 0.3 is 0 Å². The van der Waals surface area contributed by atoms with E-state index in [0.29, 0.717) is 17.9 Å². The molecule has 1 aliphatic rings. The van der Waals surface area contributed by atoms with Crippen LogP contribution in [-0.4, -0.2) is 27.7 Å². The van der Waals surface area contributed by atoms with Crippen molar-refractivity contribution in [2.24, 2.45) is 0 Å². The molecule has 0 N–H and O–H groups in total. The lowest BCUT2D eigenvalue weighted by molar-refractivity contribution is 0.0578. The van der Waals surface area contributed by atoms with E-state index in [1.165, 1.54) is 5.56 Å². The first-order chi connectivity index (χ1) is 15.1. The fourth-order valence-electron chi connectivity index (χ4n) is 4.54. The third-order valence-electron chi connectivity index (χ3n) is 6.24. The minimum absolute atomic E-state index is 0.0186. The van der Waals surface area contributed by atoms with Crippen molar-refractivity contribution in [2.75, 3.05) is 13.2 Å². The van der Waals surface area contributed by atoms with Gasteiger partial charge in [-0.25, -0.2) is 4.98 Å². The van der Waals surface area contributed by atoms with Crippen molar-refractivity contribution < 1.29 is 4.74 Å². The number of fused-ring (bicyclic) bond motifs is 3. The van der Waals surface area contributed by atoms with Crippen LogP contribution in [0.15, 0.2) is 59.8 Å². The normalized spacial score (nSPS) is 16.9. The monoisotopic (exact) mass is 413 g/mol.